The molecule has 1 amide bonds. The van der Waals surface area contributed by atoms with Crippen molar-refractivity contribution in [2.45, 2.75) is 39.3 Å². The van der Waals surface area contributed by atoms with E-state index in [4.69, 9.17) is 0 Å². The van der Waals surface area contributed by atoms with Gasteiger partial charge in [0.15, 0.2) is 0 Å². The summed E-state index contributed by atoms with van der Waals surface area (Å²) in [5, 5.41) is 12.4. The zero-order valence-corrected chi connectivity index (χ0v) is 12.7. The fraction of sp³-hybridized carbons (Fsp3) is 0.562. The molecule has 110 valence electrons. The van der Waals surface area contributed by atoms with Gasteiger partial charge in [0.25, 0.3) is 0 Å². The minimum Gasteiger partial charge on any atom is -0.394 e. The van der Waals surface area contributed by atoms with Gasteiger partial charge in [-0.05, 0) is 36.5 Å². The van der Waals surface area contributed by atoms with E-state index in [-0.39, 0.29) is 30.5 Å². The Hall–Kier alpha value is -1.55. The van der Waals surface area contributed by atoms with Crippen molar-refractivity contribution in [3.8, 4) is 0 Å². The van der Waals surface area contributed by atoms with E-state index in [1.807, 2.05) is 20.9 Å². The number of aliphatic hydroxyl groups is 1. The first-order chi connectivity index (χ1) is 9.43. The van der Waals surface area contributed by atoms with Gasteiger partial charge in [-0.25, -0.2) is 0 Å². The Bertz CT molecular complexity index is 499. The minimum atomic E-state index is -0.218. The molecule has 1 aromatic carbocycles. The molecule has 1 aliphatic heterocycles. The number of carbonyl (C=O) groups is 1. The molecule has 0 aliphatic carbocycles. The van der Waals surface area contributed by atoms with Gasteiger partial charge >= 0.3 is 0 Å². The van der Waals surface area contributed by atoms with Crippen LogP contribution in [-0.2, 0) is 11.2 Å². The summed E-state index contributed by atoms with van der Waals surface area (Å²) in [7, 11) is 1.97. The number of nitrogens with one attached hydrogen (secondary N) is 1. The molecule has 0 saturated heterocycles. The number of hydrogen-bond acceptors (Lipinski definition) is 3. The molecule has 2 rings (SSSR count). The third-order valence-electron chi connectivity index (χ3n) is 3.97. The number of rotatable bonds is 2. The van der Waals surface area contributed by atoms with Crippen molar-refractivity contribution in [2.75, 3.05) is 18.6 Å². The summed E-state index contributed by atoms with van der Waals surface area (Å²) >= 11 is 0. The average molecular weight is 276 g/mol. The summed E-state index contributed by atoms with van der Waals surface area (Å²) in [6.45, 7) is 6.12. The summed E-state index contributed by atoms with van der Waals surface area (Å²) < 4.78 is 0. The molecule has 0 spiro atoms. The number of anilines is 1. The first kappa shape index (κ1) is 14.9. The molecule has 20 heavy (non-hydrogen) atoms. The van der Waals surface area contributed by atoms with Crippen LogP contribution in [0.25, 0.3) is 0 Å². The van der Waals surface area contributed by atoms with Crippen molar-refractivity contribution in [1.29, 1.82) is 0 Å². The molecular weight excluding hydrogens is 252 g/mol. The summed E-state index contributed by atoms with van der Waals surface area (Å²) in [4.78, 5) is 14.5. The van der Waals surface area contributed by atoms with Gasteiger partial charge in [-0.15, -0.1) is 0 Å². The molecule has 0 aromatic heterocycles. The Morgan fingerprint density at radius 3 is 2.75 bits per heavy atom. The zero-order valence-electron chi connectivity index (χ0n) is 12.7. The van der Waals surface area contributed by atoms with Gasteiger partial charge in [0.2, 0.25) is 5.91 Å². The van der Waals surface area contributed by atoms with Crippen molar-refractivity contribution < 1.29 is 9.90 Å². The average Bonchev–Trinajstić information content (AvgIpc) is 2.38. The van der Waals surface area contributed by atoms with E-state index in [1.165, 1.54) is 11.1 Å². The van der Waals surface area contributed by atoms with Crippen molar-refractivity contribution in [3.63, 3.8) is 0 Å². The molecular formula is C16H24N2O2. The molecule has 1 aromatic rings. The Balaban J connectivity index is 2.50. The molecule has 0 saturated carbocycles. The van der Waals surface area contributed by atoms with Crippen molar-refractivity contribution >= 4 is 11.6 Å². The first-order valence-corrected chi connectivity index (χ1v) is 7.17. The van der Waals surface area contributed by atoms with Crippen LogP contribution in [0.3, 0.4) is 0 Å². The number of amides is 1. The van der Waals surface area contributed by atoms with Gasteiger partial charge in [-0.3, -0.25) is 4.79 Å². The van der Waals surface area contributed by atoms with Gasteiger partial charge in [-0.1, -0.05) is 26.0 Å². The van der Waals surface area contributed by atoms with E-state index in [9.17, 15) is 9.90 Å². The van der Waals surface area contributed by atoms with Gasteiger partial charge in [0.05, 0.1) is 12.6 Å². The lowest BCUT2D eigenvalue weighted by Crippen LogP contribution is -2.54. The molecule has 0 fully saturated rings. The minimum absolute atomic E-state index is 0.00583. The Morgan fingerprint density at radius 1 is 1.45 bits per heavy atom. The molecule has 0 unspecified atom stereocenters. The second-order valence-electron chi connectivity index (χ2n) is 6.02. The molecule has 2 atom stereocenters. The summed E-state index contributed by atoms with van der Waals surface area (Å²) in [6.07, 6.45) is 0.660. The highest BCUT2D eigenvalue weighted by Gasteiger charge is 2.32. The van der Waals surface area contributed by atoms with E-state index < -0.39 is 0 Å². The van der Waals surface area contributed by atoms with Crippen LogP contribution in [0.5, 0.6) is 0 Å². The monoisotopic (exact) mass is 276 g/mol. The van der Waals surface area contributed by atoms with Crippen LogP contribution in [0.2, 0.25) is 0 Å². The maximum absolute atomic E-state index is 12.4. The zero-order chi connectivity index (χ0) is 14.9. The highest BCUT2D eigenvalue weighted by Crippen LogP contribution is 2.28. The fourth-order valence-electron chi connectivity index (χ4n) is 2.96. The molecule has 0 bridgehead atoms. The number of aryl methyl sites for hydroxylation is 1. The number of nitrogens with zero attached hydrogens (tertiary/aromatic N) is 1. The Morgan fingerprint density at radius 2 is 2.15 bits per heavy atom. The number of likely N-dealkylation sites (N-methyl/N-ethyl adjacent to an activating group) is 1. The topological polar surface area (TPSA) is 52.6 Å². The summed E-state index contributed by atoms with van der Waals surface area (Å²) in [5.74, 6) is 0.194. The smallest absolute Gasteiger partial charge is 0.243 e. The lowest BCUT2D eigenvalue weighted by molar-refractivity contribution is -0.124. The lowest BCUT2D eigenvalue weighted by atomic mass is 9.94. The van der Waals surface area contributed by atoms with Crippen LogP contribution < -0.4 is 10.2 Å². The lowest BCUT2D eigenvalue weighted by Gasteiger charge is -2.37. The standard InChI is InChI=1S/C16H24N2O2/c1-10(2)15-16(20)17-13(9-19)8-12-6-5-11(3)7-14(12)18(15)4/h5-7,10,13,15,19H,8-9H2,1-4H3,(H,17,20)/t13-,15-/m0/s1. The third-order valence-corrected chi connectivity index (χ3v) is 3.97. The predicted molar refractivity (Wildman–Crippen MR) is 80.9 cm³/mol. The summed E-state index contributed by atoms with van der Waals surface area (Å²) in [6, 6.07) is 5.87. The second-order valence-corrected chi connectivity index (χ2v) is 6.02. The van der Waals surface area contributed by atoms with Gasteiger partial charge < -0.3 is 15.3 Å². The number of hydrogen-bond donors (Lipinski definition) is 2. The van der Waals surface area contributed by atoms with Gasteiger partial charge in [0.1, 0.15) is 6.04 Å². The molecule has 4 heteroatoms. The van der Waals surface area contributed by atoms with E-state index in [0.29, 0.717) is 6.42 Å². The van der Waals surface area contributed by atoms with Crippen molar-refractivity contribution in [3.05, 3.63) is 29.3 Å². The maximum atomic E-state index is 12.4. The molecule has 1 aliphatic rings. The van der Waals surface area contributed by atoms with Crippen LogP contribution in [0.15, 0.2) is 18.2 Å². The van der Waals surface area contributed by atoms with Crippen molar-refractivity contribution in [1.82, 2.24) is 5.32 Å². The second kappa shape index (κ2) is 5.83. The van der Waals surface area contributed by atoms with E-state index in [2.05, 4.69) is 35.3 Å². The third kappa shape index (κ3) is 2.80. The number of aliphatic hydroxyl groups excluding tert-OH is 1. The molecule has 1 heterocycles. The fourth-order valence-corrected chi connectivity index (χ4v) is 2.96. The van der Waals surface area contributed by atoms with Crippen molar-refractivity contribution in [2.24, 2.45) is 5.92 Å². The van der Waals surface area contributed by atoms with Crippen LogP contribution >= 0.6 is 0 Å². The van der Waals surface area contributed by atoms with E-state index in [1.54, 1.807) is 0 Å². The summed E-state index contributed by atoms with van der Waals surface area (Å²) in [5.41, 5.74) is 3.44. The van der Waals surface area contributed by atoms with Crippen LogP contribution in [0, 0.1) is 12.8 Å². The Labute approximate surface area is 120 Å². The molecule has 2 N–H and O–H groups in total. The van der Waals surface area contributed by atoms with Gasteiger partial charge in [0, 0.05) is 12.7 Å². The van der Waals surface area contributed by atoms with Gasteiger partial charge in [-0.2, -0.15) is 0 Å². The highest BCUT2D eigenvalue weighted by atomic mass is 16.3. The number of carbonyl (C=O) groups excluding carboxylic acids is 1. The van der Waals surface area contributed by atoms with Crippen LogP contribution in [0.1, 0.15) is 25.0 Å². The number of fused-ring (bicyclic) bond motifs is 1. The van der Waals surface area contributed by atoms with E-state index in [0.717, 1.165) is 5.69 Å². The molecule has 4 nitrogen and oxygen atoms in total. The highest BCUT2D eigenvalue weighted by molar-refractivity contribution is 5.86. The SMILES string of the molecule is Cc1ccc2c(c1)N(C)[C@@H](C(C)C)C(=O)N[C@H](CO)C2. The van der Waals surface area contributed by atoms with E-state index >= 15 is 0 Å². The molecule has 0 radical (unpaired) electrons. The largest absolute Gasteiger partial charge is 0.394 e. The first-order valence-electron chi connectivity index (χ1n) is 7.17. The quantitative estimate of drug-likeness (QED) is 0.860. The van der Waals surface area contributed by atoms with Crippen LogP contribution in [-0.4, -0.2) is 36.8 Å². The number of benzene rings is 1. The predicted octanol–water partition coefficient (Wildman–Crippen LogP) is 1.49. The maximum Gasteiger partial charge on any atom is 0.243 e. The Kier molecular flexibility index (Phi) is 4.33. The van der Waals surface area contributed by atoms with Crippen LogP contribution in [0.4, 0.5) is 5.69 Å². The normalized spacial score (nSPS) is 23.1.